The molecule has 1 amide bonds. The van der Waals surface area contributed by atoms with Gasteiger partial charge in [0.25, 0.3) is 5.91 Å². The molecule has 0 radical (unpaired) electrons. The number of halogens is 3. The zero-order valence-electron chi connectivity index (χ0n) is 10.7. The Labute approximate surface area is 139 Å². The number of carbonyl (C=O) groups excluding carboxylic acids is 1. The average Bonchev–Trinajstić information content (AvgIpc) is 3.16. The van der Waals surface area contributed by atoms with Crippen LogP contribution in [0, 0.1) is 0 Å². The van der Waals surface area contributed by atoms with Crippen LogP contribution in [0.5, 0.6) is 0 Å². The molecule has 3 rings (SSSR count). The molecule has 3 aromatic heterocycles. The number of alkyl halides is 2. The Hall–Kier alpha value is -1.65. The maximum absolute atomic E-state index is 12.7. The lowest BCUT2D eigenvalue weighted by molar-refractivity contribution is 0.0520. The lowest BCUT2D eigenvalue weighted by atomic mass is 10.4. The monoisotopic (exact) mass is 404 g/mol. The van der Waals surface area contributed by atoms with Crippen molar-refractivity contribution in [1.29, 1.82) is 0 Å². The van der Waals surface area contributed by atoms with E-state index >= 15 is 0 Å². The molecule has 0 aliphatic rings. The minimum atomic E-state index is -2.87. The maximum atomic E-state index is 12.7. The number of anilines is 1. The van der Waals surface area contributed by atoms with E-state index in [2.05, 4.69) is 31.3 Å². The van der Waals surface area contributed by atoms with E-state index in [1.807, 2.05) is 12.1 Å². The van der Waals surface area contributed by atoms with Crippen LogP contribution in [0.15, 0.2) is 33.6 Å². The number of thiazole rings is 1. The highest BCUT2D eigenvalue weighted by atomic mass is 79.9. The predicted molar refractivity (Wildman–Crippen MR) is 84.6 cm³/mol. The van der Waals surface area contributed by atoms with Gasteiger partial charge in [-0.2, -0.15) is 18.6 Å². The third kappa shape index (κ3) is 3.08. The summed E-state index contributed by atoms with van der Waals surface area (Å²) in [5.74, 6) is -0.675. The van der Waals surface area contributed by atoms with Gasteiger partial charge in [0.15, 0.2) is 5.13 Å². The second kappa shape index (κ2) is 6.23. The Bertz CT molecular complexity index is 814. The minimum absolute atomic E-state index is 0.217. The van der Waals surface area contributed by atoms with E-state index < -0.39 is 12.5 Å². The molecule has 0 atom stereocenters. The number of aromatic nitrogens is 3. The third-order valence-electron chi connectivity index (χ3n) is 2.64. The Morgan fingerprint density at radius 3 is 2.86 bits per heavy atom. The van der Waals surface area contributed by atoms with E-state index in [0.717, 1.165) is 20.6 Å². The summed E-state index contributed by atoms with van der Waals surface area (Å²) in [6, 6.07) is 5.03. The van der Waals surface area contributed by atoms with Gasteiger partial charge in [-0.25, -0.2) is 4.98 Å². The molecule has 22 heavy (non-hydrogen) atoms. The van der Waals surface area contributed by atoms with Crippen LogP contribution in [0.3, 0.4) is 0 Å². The van der Waals surface area contributed by atoms with Crippen molar-refractivity contribution in [2.75, 3.05) is 5.32 Å². The number of thiophene rings is 1. The summed E-state index contributed by atoms with van der Waals surface area (Å²) < 4.78 is 26.7. The first-order chi connectivity index (χ1) is 10.5. The molecule has 0 aromatic carbocycles. The molecule has 0 unspecified atom stereocenters. The summed E-state index contributed by atoms with van der Waals surface area (Å²) in [7, 11) is 0. The van der Waals surface area contributed by atoms with Crippen molar-refractivity contribution >= 4 is 49.6 Å². The highest BCUT2D eigenvalue weighted by Gasteiger charge is 2.19. The molecular weight excluding hydrogens is 398 g/mol. The molecule has 0 aliphatic carbocycles. The minimum Gasteiger partial charge on any atom is -0.296 e. The van der Waals surface area contributed by atoms with Crippen LogP contribution < -0.4 is 5.32 Å². The fourth-order valence-electron chi connectivity index (χ4n) is 1.71. The standard InChI is InChI=1S/C12H7BrF2N4OS2/c13-9-2-1-8(22-9)6-5-21-12(17-6)18-10(20)7-3-4-16-19(7)11(14)15/h1-5,11H,(H,17,18,20). The van der Waals surface area contributed by atoms with Gasteiger partial charge in [0, 0.05) is 11.6 Å². The van der Waals surface area contributed by atoms with Crippen molar-refractivity contribution < 1.29 is 13.6 Å². The van der Waals surface area contributed by atoms with Gasteiger partial charge in [-0.05, 0) is 34.1 Å². The summed E-state index contributed by atoms with van der Waals surface area (Å²) in [6.45, 7) is -2.87. The van der Waals surface area contributed by atoms with Crippen LogP contribution >= 0.6 is 38.6 Å². The summed E-state index contributed by atoms with van der Waals surface area (Å²) in [6.07, 6.45) is 1.15. The molecule has 0 bridgehead atoms. The molecular formula is C12H7BrF2N4OS2. The van der Waals surface area contributed by atoms with Gasteiger partial charge in [-0.1, -0.05) is 0 Å². The number of carbonyl (C=O) groups is 1. The van der Waals surface area contributed by atoms with Gasteiger partial charge in [0.2, 0.25) is 0 Å². The number of hydrogen-bond acceptors (Lipinski definition) is 5. The van der Waals surface area contributed by atoms with E-state index in [1.165, 1.54) is 28.7 Å². The lowest BCUT2D eigenvalue weighted by Gasteiger charge is -2.05. The molecule has 0 aliphatic heterocycles. The molecule has 0 fully saturated rings. The van der Waals surface area contributed by atoms with Crippen LogP contribution in [0.25, 0.3) is 10.6 Å². The van der Waals surface area contributed by atoms with Gasteiger partial charge in [-0.15, -0.1) is 22.7 Å². The third-order valence-corrected chi connectivity index (χ3v) is 5.04. The summed E-state index contributed by atoms with van der Waals surface area (Å²) in [4.78, 5) is 17.2. The van der Waals surface area contributed by atoms with Crippen LogP contribution in [-0.4, -0.2) is 20.7 Å². The second-order valence-electron chi connectivity index (χ2n) is 4.03. The van der Waals surface area contributed by atoms with Crippen LogP contribution in [-0.2, 0) is 0 Å². The van der Waals surface area contributed by atoms with E-state index in [1.54, 1.807) is 5.38 Å². The Morgan fingerprint density at radius 2 is 2.18 bits per heavy atom. The second-order valence-corrected chi connectivity index (χ2v) is 7.36. The van der Waals surface area contributed by atoms with Gasteiger partial charge in [0.1, 0.15) is 5.69 Å². The summed E-state index contributed by atoms with van der Waals surface area (Å²) in [5.41, 5.74) is 0.504. The van der Waals surface area contributed by atoms with Crippen molar-refractivity contribution in [3.63, 3.8) is 0 Å². The van der Waals surface area contributed by atoms with Gasteiger partial charge in [0.05, 0.1) is 14.4 Å². The van der Waals surface area contributed by atoms with Crippen LogP contribution in [0.2, 0.25) is 0 Å². The first-order valence-corrected chi connectivity index (χ1v) is 8.38. The molecule has 10 heteroatoms. The number of nitrogens with one attached hydrogen (secondary N) is 1. The average molecular weight is 405 g/mol. The fraction of sp³-hybridized carbons (Fsp3) is 0.0833. The number of nitrogens with zero attached hydrogens (tertiary/aromatic N) is 3. The van der Waals surface area contributed by atoms with E-state index in [-0.39, 0.29) is 5.69 Å². The van der Waals surface area contributed by atoms with Crippen molar-refractivity contribution in [3.8, 4) is 10.6 Å². The molecule has 3 heterocycles. The van der Waals surface area contributed by atoms with E-state index in [0.29, 0.717) is 9.81 Å². The topological polar surface area (TPSA) is 59.8 Å². The van der Waals surface area contributed by atoms with Crippen LogP contribution in [0.4, 0.5) is 13.9 Å². The Kier molecular flexibility index (Phi) is 4.32. The van der Waals surface area contributed by atoms with Crippen molar-refractivity contribution in [3.05, 3.63) is 39.3 Å². The predicted octanol–water partition coefficient (Wildman–Crippen LogP) is 4.48. The van der Waals surface area contributed by atoms with Gasteiger partial charge < -0.3 is 0 Å². The van der Waals surface area contributed by atoms with E-state index in [4.69, 9.17) is 0 Å². The quantitative estimate of drug-likeness (QED) is 0.697. The molecule has 114 valence electrons. The Morgan fingerprint density at radius 1 is 1.36 bits per heavy atom. The molecule has 0 spiro atoms. The zero-order chi connectivity index (χ0) is 15.7. The van der Waals surface area contributed by atoms with Gasteiger partial charge in [-0.3, -0.25) is 10.1 Å². The zero-order valence-corrected chi connectivity index (χ0v) is 13.9. The number of hydrogen-bond donors (Lipinski definition) is 1. The number of amides is 1. The Balaban J connectivity index is 1.77. The van der Waals surface area contributed by atoms with Gasteiger partial charge >= 0.3 is 6.55 Å². The van der Waals surface area contributed by atoms with Crippen molar-refractivity contribution in [2.45, 2.75) is 6.55 Å². The van der Waals surface area contributed by atoms with Crippen molar-refractivity contribution in [2.24, 2.45) is 0 Å². The molecule has 0 saturated heterocycles. The molecule has 5 nitrogen and oxygen atoms in total. The lowest BCUT2D eigenvalue weighted by Crippen LogP contribution is -2.18. The highest BCUT2D eigenvalue weighted by molar-refractivity contribution is 9.11. The molecule has 3 aromatic rings. The number of rotatable bonds is 4. The molecule has 1 N–H and O–H groups in total. The highest BCUT2D eigenvalue weighted by Crippen LogP contribution is 2.33. The first-order valence-electron chi connectivity index (χ1n) is 5.89. The maximum Gasteiger partial charge on any atom is 0.333 e. The summed E-state index contributed by atoms with van der Waals surface area (Å²) in [5, 5.41) is 8.05. The largest absolute Gasteiger partial charge is 0.333 e. The van der Waals surface area contributed by atoms with Crippen molar-refractivity contribution in [1.82, 2.24) is 14.8 Å². The fourth-order valence-corrected chi connectivity index (χ4v) is 3.83. The normalized spacial score (nSPS) is 11.1. The first kappa shape index (κ1) is 15.3. The van der Waals surface area contributed by atoms with E-state index in [9.17, 15) is 13.6 Å². The van der Waals surface area contributed by atoms with Crippen LogP contribution in [0.1, 0.15) is 17.0 Å². The molecule has 0 saturated carbocycles. The smallest absolute Gasteiger partial charge is 0.296 e. The summed E-state index contributed by atoms with van der Waals surface area (Å²) >= 11 is 6.10. The SMILES string of the molecule is O=C(Nc1nc(-c2ccc(Br)s2)cs1)c1ccnn1C(F)F.